The molecule has 1 aromatic rings. The summed E-state index contributed by atoms with van der Waals surface area (Å²) in [4.78, 5) is 0. The fourth-order valence-corrected chi connectivity index (χ4v) is 1.94. The van der Waals surface area contributed by atoms with Crippen LogP contribution in [0.4, 0.5) is 0 Å². The smallest absolute Gasteiger partial charge is 0.161 e. The van der Waals surface area contributed by atoms with E-state index in [-0.39, 0.29) is 11.6 Å². The van der Waals surface area contributed by atoms with Gasteiger partial charge >= 0.3 is 0 Å². The van der Waals surface area contributed by atoms with Crippen LogP contribution in [0.2, 0.25) is 0 Å². The fraction of sp³-hybridized carbons (Fsp3) is 0.647. The number of rotatable bonds is 8. The minimum absolute atomic E-state index is 0.131. The van der Waals surface area contributed by atoms with Crippen LogP contribution >= 0.6 is 0 Å². The second-order valence-electron chi connectivity index (χ2n) is 6.20. The van der Waals surface area contributed by atoms with Crippen molar-refractivity contribution >= 4 is 0 Å². The van der Waals surface area contributed by atoms with E-state index in [0.717, 1.165) is 23.5 Å². The topological polar surface area (TPSA) is 53.7 Å². The minimum Gasteiger partial charge on any atom is -0.490 e. The van der Waals surface area contributed by atoms with Crippen LogP contribution in [0.25, 0.3) is 0 Å². The van der Waals surface area contributed by atoms with Crippen LogP contribution in [-0.4, -0.2) is 31.5 Å². The van der Waals surface area contributed by atoms with Crippen LogP contribution in [0, 0.1) is 0 Å². The molecule has 1 rings (SSSR count). The van der Waals surface area contributed by atoms with Gasteiger partial charge in [-0.3, -0.25) is 0 Å². The van der Waals surface area contributed by atoms with Crippen molar-refractivity contribution in [1.82, 2.24) is 0 Å². The molecule has 1 atom stereocenters. The van der Waals surface area contributed by atoms with Crippen molar-refractivity contribution in [2.75, 3.05) is 19.8 Å². The van der Waals surface area contributed by atoms with Crippen molar-refractivity contribution in [3.8, 4) is 11.5 Å². The van der Waals surface area contributed by atoms with E-state index in [9.17, 15) is 0 Å². The zero-order chi connectivity index (χ0) is 15.9. The molecule has 0 aromatic heterocycles. The lowest BCUT2D eigenvalue weighted by molar-refractivity contribution is -0.0165. The Morgan fingerprint density at radius 2 is 1.81 bits per heavy atom. The molecule has 0 fully saturated rings. The van der Waals surface area contributed by atoms with Crippen molar-refractivity contribution in [1.29, 1.82) is 0 Å². The summed E-state index contributed by atoms with van der Waals surface area (Å²) in [5.41, 5.74) is 6.85. The molecular weight excluding hydrogens is 266 g/mol. The van der Waals surface area contributed by atoms with E-state index < -0.39 is 0 Å². The first-order valence-electron chi connectivity index (χ1n) is 7.60. The largest absolute Gasteiger partial charge is 0.490 e. The highest BCUT2D eigenvalue weighted by Crippen LogP contribution is 2.29. The Morgan fingerprint density at radius 3 is 2.38 bits per heavy atom. The van der Waals surface area contributed by atoms with Crippen LogP contribution in [0.15, 0.2) is 18.2 Å². The van der Waals surface area contributed by atoms with Gasteiger partial charge in [-0.25, -0.2) is 0 Å². The van der Waals surface area contributed by atoms with Crippen molar-refractivity contribution in [2.45, 2.75) is 52.7 Å². The Hall–Kier alpha value is -1.26. The highest BCUT2D eigenvalue weighted by molar-refractivity contribution is 5.43. The molecule has 0 heterocycles. The third kappa shape index (κ3) is 7.34. The number of ether oxygens (including phenoxy) is 3. The second kappa shape index (κ2) is 8.25. The van der Waals surface area contributed by atoms with E-state index in [1.807, 2.05) is 52.8 Å². The van der Waals surface area contributed by atoms with E-state index in [4.69, 9.17) is 19.9 Å². The highest BCUT2D eigenvalue weighted by Gasteiger charge is 2.11. The van der Waals surface area contributed by atoms with Crippen LogP contribution in [0.1, 0.15) is 40.2 Å². The van der Waals surface area contributed by atoms with Gasteiger partial charge in [0.05, 0.1) is 18.8 Å². The average molecular weight is 295 g/mol. The quantitative estimate of drug-likeness (QED) is 0.748. The van der Waals surface area contributed by atoms with E-state index >= 15 is 0 Å². The van der Waals surface area contributed by atoms with E-state index in [2.05, 4.69) is 0 Å². The number of hydrogen-bond donors (Lipinski definition) is 1. The first-order valence-corrected chi connectivity index (χ1v) is 7.60. The van der Waals surface area contributed by atoms with Crippen molar-refractivity contribution in [3.05, 3.63) is 23.8 Å². The lowest BCUT2D eigenvalue weighted by Crippen LogP contribution is -2.22. The summed E-state index contributed by atoms with van der Waals surface area (Å²) in [7, 11) is 0. The Balaban J connectivity index is 2.63. The van der Waals surface area contributed by atoms with Gasteiger partial charge in [-0.2, -0.15) is 0 Å². The van der Waals surface area contributed by atoms with Gasteiger partial charge < -0.3 is 19.9 Å². The Kier molecular flexibility index (Phi) is 6.99. The van der Waals surface area contributed by atoms with E-state index in [1.165, 1.54) is 0 Å². The molecule has 21 heavy (non-hydrogen) atoms. The molecule has 0 saturated heterocycles. The van der Waals surface area contributed by atoms with Gasteiger partial charge in [-0.15, -0.1) is 0 Å². The van der Waals surface area contributed by atoms with Crippen LogP contribution in [0.3, 0.4) is 0 Å². The molecule has 2 N–H and O–H groups in total. The number of hydrogen-bond acceptors (Lipinski definition) is 4. The summed E-state index contributed by atoms with van der Waals surface area (Å²) in [6, 6.07) is 6.12. The molecule has 0 spiro atoms. The molecule has 120 valence electrons. The molecule has 0 saturated carbocycles. The van der Waals surface area contributed by atoms with Gasteiger partial charge in [-0.1, -0.05) is 6.07 Å². The monoisotopic (exact) mass is 295 g/mol. The third-order valence-electron chi connectivity index (χ3n) is 2.74. The summed E-state index contributed by atoms with van der Waals surface area (Å²) in [6.07, 6.45) is 0.827. The summed E-state index contributed by atoms with van der Waals surface area (Å²) in [5, 5.41) is 0. The molecule has 0 aliphatic carbocycles. The van der Waals surface area contributed by atoms with E-state index in [0.29, 0.717) is 19.8 Å². The SMILES string of the molecule is CCOc1cc(CC(C)N)ccc1OCCOC(C)(C)C. The first kappa shape index (κ1) is 17.8. The fourth-order valence-electron chi connectivity index (χ4n) is 1.94. The molecule has 4 nitrogen and oxygen atoms in total. The van der Waals surface area contributed by atoms with Crippen molar-refractivity contribution < 1.29 is 14.2 Å². The third-order valence-corrected chi connectivity index (χ3v) is 2.74. The lowest BCUT2D eigenvalue weighted by atomic mass is 10.1. The molecule has 1 aromatic carbocycles. The predicted molar refractivity (Wildman–Crippen MR) is 86.2 cm³/mol. The van der Waals surface area contributed by atoms with Gasteiger partial charge in [0, 0.05) is 6.04 Å². The van der Waals surface area contributed by atoms with Crippen LogP contribution in [-0.2, 0) is 11.2 Å². The Labute approximate surface area is 128 Å². The predicted octanol–water partition coefficient (Wildman–Crippen LogP) is 3.17. The normalized spacial score (nSPS) is 13.0. The second-order valence-corrected chi connectivity index (χ2v) is 6.20. The standard InChI is InChI=1S/C17H29NO3/c1-6-19-16-12-14(11-13(2)18)7-8-15(16)20-9-10-21-17(3,4)5/h7-8,12-13H,6,9-11,18H2,1-5H3. The molecule has 1 unspecified atom stereocenters. The maximum atomic E-state index is 5.84. The molecule has 0 radical (unpaired) electrons. The number of benzene rings is 1. The van der Waals surface area contributed by atoms with E-state index in [1.54, 1.807) is 0 Å². The Morgan fingerprint density at radius 1 is 1.10 bits per heavy atom. The summed E-state index contributed by atoms with van der Waals surface area (Å²) >= 11 is 0. The maximum Gasteiger partial charge on any atom is 0.161 e. The van der Waals surface area contributed by atoms with Crippen molar-refractivity contribution in [3.63, 3.8) is 0 Å². The van der Waals surface area contributed by atoms with Gasteiger partial charge in [-0.05, 0) is 58.7 Å². The zero-order valence-corrected chi connectivity index (χ0v) is 13.9. The zero-order valence-electron chi connectivity index (χ0n) is 13.9. The molecule has 0 aliphatic rings. The minimum atomic E-state index is -0.146. The van der Waals surface area contributed by atoms with Gasteiger partial charge in [0.15, 0.2) is 11.5 Å². The Bertz CT molecular complexity index is 425. The van der Waals surface area contributed by atoms with Crippen molar-refractivity contribution in [2.24, 2.45) is 5.73 Å². The summed E-state index contributed by atoms with van der Waals surface area (Å²) in [5.74, 6) is 1.52. The molecule has 4 heteroatoms. The molecule has 0 amide bonds. The van der Waals surface area contributed by atoms with Gasteiger partial charge in [0.25, 0.3) is 0 Å². The molecular formula is C17H29NO3. The summed E-state index contributed by atoms with van der Waals surface area (Å²) in [6.45, 7) is 11.7. The lowest BCUT2D eigenvalue weighted by Gasteiger charge is -2.20. The van der Waals surface area contributed by atoms with Crippen LogP contribution in [0.5, 0.6) is 11.5 Å². The van der Waals surface area contributed by atoms with Crippen LogP contribution < -0.4 is 15.2 Å². The maximum absolute atomic E-state index is 5.84. The van der Waals surface area contributed by atoms with Gasteiger partial charge in [0.1, 0.15) is 6.61 Å². The molecule has 0 aliphatic heterocycles. The highest BCUT2D eigenvalue weighted by atomic mass is 16.5. The summed E-state index contributed by atoms with van der Waals surface area (Å²) < 4.78 is 17.1. The first-order chi connectivity index (χ1) is 9.81. The number of nitrogens with two attached hydrogens (primary N) is 1. The molecule has 0 bridgehead atoms. The van der Waals surface area contributed by atoms with Gasteiger partial charge in [0.2, 0.25) is 0 Å². The average Bonchev–Trinajstić information content (AvgIpc) is 2.35.